The van der Waals surface area contributed by atoms with E-state index in [0.29, 0.717) is 84.4 Å². The number of nitro groups is 1. The summed E-state index contributed by atoms with van der Waals surface area (Å²) in [5, 5.41) is 12.6. The van der Waals surface area contributed by atoms with E-state index in [1.807, 2.05) is 11.0 Å². The molecule has 0 spiro atoms. The quantitative estimate of drug-likeness (QED) is 0.375. The third-order valence-electron chi connectivity index (χ3n) is 6.56. The third kappa shape index (κ3) is 5.44. The molecule has 4 rings (SSSR count). The Morgan fingerprint density at radius 3 is 2.17 bits per heavy atom. The summed E-state index contributed by atoms with van der Waals surface area (Å²) in [6.45, 7) is 7.79. The molecule has 0 atom stereocenters. The van der Waals surface area contributed by atoms with E-state index in [9.17, 15) is 14.9 Å². The summed E-state index contributed by atoms with van der Waals surface area (Å²) in [5.41, 5.74) is 2.86. The van der Waals surface area contributed by atoms with Crippen LogP contribution in [0, 0.1) is 24.0 Å². The number of anilines is 2. The first kappa shape index (κ1) is 26.6. The SMILES string of the molecule is Cc1c(Cl)c(C)c(Cl)c(OCC(=O)N2CCN(c3ccc([N+](=O)[O-])c(N4CCOCC4)c3)CC2)c1Cl. The number of amides is 1. The maximum absolute atomic E-state index is 12.8. The zero-order valence-corrected chi connectivity index (χ0v) is 22.3. The summed E-state index contributed by atoms with van der Waals surface area (Å²) in [7, 11) is 0. The van der Waals surface area contributed by atoms with Gasteiger partial charge in [-0.2, -0.15) is 0 Å². The van der Waals surface area contributed by atoms with Crippen LogP contribution in [0.3, 0.4) is 0 Å². The molecule has 1 amide bonds. The second kappa shape index (κ2) is 11.3. The minimum atomic E-state index is -0.354. The lowest BCUT2D eigenvalue weighted by atomic mass is 10.1. The van der Waals surface area contributed by atoms with Crippen LogP contribution in [0.1, 0.15) is 11.1 Å². The van der Waals surface area contributed by atoms with Gasteiger partial charge in [0.2, 0.25) is 0 Å². The zero-order chi connectivity index (χ0) is 26.0. The maximum atomic E-state index is 12.8. The van der Waals surface area contributed by atoms with Crippen molar-refractivity contribution < 1.29 is 19.2 Å². The minimum absolute atomic E-state index is 0.0802. The van der Waals surface area contributed by atoms with Gasteiger partial charge in [-0.1, -0.05) is 34.8 Å². The molecule has 0 radical (unpaired) electrons. The number of morpholine rings is 1. The van der Waals surface area contributed by atoms with Crippen molar-refractivity contribution in [3.05, 3.63) is 54.5 Å². The molecule has 0 aromatic heterocycles. The molecule has 12 heteroatoms. The Kier molecular flexibility index (Phi) is 8.34. The topological polar surface area (TPSA) is 88.4 Å². The summed E-state index contributed by atoms with van der Waals surface area (Å²) in [4.78, 5) is 29.9. The first-order chi connectivity index (χ1) is 17.2. The fourth-order valence-corrected chi connectivity index (χ4v) is 5.22. The lowest BCUT2D eigenvalue weighted by Crippen LogP contribution is -2.50. The highest BCUT2D eigenvalue weighted by Crippen LogP contribution is 2.42. The number of hydrogen-bond donors (Lipinski definition) is 0. The van der Waals surface area contributed by atoms with Crippen molar-refractivity contribution in [1.29, 1.82) is 0 Å². The van der Waals surface area contributed by atoms with Crippen molar-refractivity contribution in [1.82, 2.24) is 4.90 Å². The van der Waals surface area contributed by atoms with Gasteiger partial charge in [-0.25, -0.2) is 0 Å². The number of piperazine rings is 1. The lowest BCUT2D eigenvalue weighted by molar-refractivity contribution is -0.384. The van der Waals surface area contributed by atoms with Crippen LogP contribution < -0.4 is 14.5 Å². The molecule has 2 aliphatic rings. The number of halogens is 3. The molecule has 2 fully saturated rings. The summed E-state index contributed by atoms with van der Waals surface area (Å²) >= 11 is 18.9. The lowest BCUT2D eigenvalue weighted by Gasteiger charge is -2.36. The van der Waals surface area contributed by atoms with Gasteiger partial charge in [0, 0.05) is 56.0 Å². The average molecular weight is 558 g/mol. The molecule has 0 unspecified atom stereocenters. The maximum Gasteiger partial charge on any atom is 0.292 e. The van der Waals surface area contributed by atoms with Gasteiger partial charge in [0.15, 0.2) is 12.4 Å². The molecular formula is C24H27Cl3N4O5. The van der Waals surface area contributed by atoms with E-state index < -0.39 is 0 Å². The molecular weight excluding hydrogens is 531 g/mol. The first-order valence-corrected chi connectivity index (χ1v) is 12.7. The molecule has 194 valence electrons. The largest absolute Gasteiger partial charge is 0.481 e. The van der Waals surface area contributed by atoms with Gasteiger partial charge in [0.25, 0.3) is 11.6 Å². The Morgan fingerprint density at radius 1 is 0.972 bits per heavy atom. The Hall–Kier alpha value is -2.46. The molecule has 2 saturated heterocycles. The van der Waals surface area contributed by atoms with Crippen molar-refractivity contribution in [2.45, 2.75) is 13.8 Å². The van der Waals surface area contributed by atoms with Crippen LogP contribution >= 0.6 is 34.8 Å². The predicted molar refractivity (Wildman–Crippen MR) is 141 cm³/mol. The number of benzene rings is 2. The fraction of sp³-hybridized carbons (Fsp3) is 0.458. The number of hydrogen-bond acceptors (Lipinski definition) is 7. The molecule has 2 aromatic rings. The minimum Gasteiger partial charge on any atom is -0.481 e. The summed E-state index contributed by atoms with van der Waals surface area (Å²) < 4.78 is 11.1. The van der Waals surface area contributed by atoms with E-state index in [2.05, 4.69) is 4.90 Å². The monoisotopic (exact) mass is 556 g/mol. The van der Waals surface area contributed by atoms with E-state index in [1.165, 1.54) is 0 Å². The number of rotatable bonds is 6. The smallest absolute Gasteiger partial charge is 0.292 e. The Morgan fingerprint density at radius 2 is 1.58 bits per heavy atom. The van der Waals surface area contributed by atoms with Gasteiger partial charge < -0.3 is 24.2 Å². The Labute approximate surface area is 224 Å². The van der Waals surface area contributed by atoms with Gasteiger partial charge in [-0.05, 0) is 37.1 Å². The molecule has 0 saturated carbocycles. The second-order valence-corrected chi connectivity index (χ2v) is 9.84. The molecule has 2 aromatic carbocycles. The van der Waals surface area contributed by atoms with Crippen LogP contribution in [-0.4, -0.2) is 74.8 Å². The van der Waals surface area contributed by atoms with Crippen LogP contribution in [0.4, 0.5) is 17.1 Å². The van der Waals surface area contributed by atoms with Crippen LogP contribution in [0.5, 0.6) is 5.75 Å². The zero-order valence-electron chi connectivity index (χ0n) is 20.1. The van der Waals surface area contributed by atoms with Gasteiger partial charge in [0.05, 0.1) is 28.2 Å². The standard InChI is InChI=1S/C24H27Cl3N4O5/c1-15-21(25)16(2)23(27)24(22(15)26)36-14-20(32)30-7-5-28(6-8-30)17-3-4-18(31(33)34)19(13-17)29-9-11-35-12-10-29/h3-4,13H,5-12,14H2,1-2H3. The highest BCUT2D eigenvalue weighted by molar-refractivity contribution is 6.42. The van der Waals surface area contributed by atoms with Crippen LogP contribution in [-0.2, 0) is 9.53 Å². The molecule has 9 nitrogen and oxygen atoms in total. The van der Waals surface area contributed by atoms with E-state index in [-0.39, 0.29) is 28.9 Å². The van der Waals surface area contributed by atoms with Crippen molar-refractivity contribution >= 4 is 57.8 Å². The predicted octanol–water partition coefficient (Wildman–Crippen LogP) is 4.74. The van der Waals surface area contributed by atoms with E-state index in [1.54, 1.807) is 30.9 Å². The second-order valence-electron chi connectivity index (χ2n) is 8.71. The van der Waals surface area contributed by atoms with Crippen molar-refractivity contribution in [2.75, 3.05) is 68.9 Å². The summed E-state index contributed by atoms with van der Waals surface area (Å²) in [6.07, 6.45) is 0. The molecule has 2 heterocycles. The number of ether oxygens (including phenoxy) is 2. The summed E-state index contributed by atoms with van der Waals surface area (Å²) in [5.74, 6) is 0.0796. The van der Waals surface area contributed by atoms with Gasteiger partial charge in [-0.3, -0.25) is 14.9 Å². The number of carbonyl (C=O) groups excluding carboxylic acids is 1. The van der Waals surface area contributed by atoms with E-state index in [4.69, 9.17) is 44.3 Å². The first-order valence-electron chi connectivity index (χ1n) is 11.6. The third-order valence-corrected chi connectivity index (χ3v) is 8.04. The Balaban J connectivity index is 1.39. The van der Waals surface area contributed by atoms with Gasteiger partial charge in [-0.15, -0.1) is 0 Å². The van der Waals surface area contributed by atoms with Crippen LogP contribution in [0.15, 0.2) is 18.2 Å². The highest BCUT2D eigenvalue weighted by atomic mass is 35.5. The molecule has 0 N–H and O–H groups in total. The van der Waals surface area contributed by atoms with Crippen molar-refractivity contribution in [2.24, 2.45) is 0 Å². The molecule has 36 heavy (non-hydrogen) atoms. The molecule has 2 aliphatic heterocycles. The van der Waals surface area contributed by atoms with E-state index in [0.717, 1.165) is 5.69 Å². The normalized spacial score (nSPS) is 16.3. The number of nitrogens with zero attached hydrogens (tertiary/aromatic N) is 4. The molecule has 0 aliphatic carbocycles. The Bertz CT molecular complexity index is 1140. The number of nitro benzene ring substituents is 1. The fourth-order valence-electron chi connectivity index (χ4n) is 4.40. The molecule has 0 bridgehead atoms. The van der Waals surface area contributed by atoms with Crippen molar-refractivity contribution in [3.63, 3.8) is 0 Å². The van der Waals surface area contributed by atoms with Gasteiger partial charge in [0.1, 0.15) is 5.69 Å². The van der Waals surface area contributed by atoms with Crippen LogP contribution in [0.2, 0.25) is 15.1 Å². The van der Waals surface area contributed by atoms with Crippen LogP contribution in [0.25, 0.3) is 0 Å². The highest BCUT2D eigenvalue weighted by Gasteiger charge is 2.26. The average Bonchev–Trinajstić information content (AvgIpc) is 2.90. The van der Waals surface area contributed by atoms with Gasteiger partial charge >= 0.3 is 0 Å². The number of carbonyl (C=O) groups is 1. The van der Waals surface area contributed by atoms with Crippen molar-refractivity contribution in [3.8, 4) is 5.75 Å². The summed E-state index contributed by atoms with van der Waals surface area (Å²) in [6, 6.07) is 5.17. The van der Waals surface area contributed by atoms with E-state index >= 15 is 0 Å².